The van der Waals surface area contributed by atoms with Crippen LogP contribution in [-0.2, 0) is 11.3 Å². The number of nitrogens with one attached hydrogen (secondary N) is 1. The van der Waals surface area contributed by atoms with Crippen LogP contribution in [0.4, 0.5) is 0 Å². The van der Waals surface area contributed by atoms with Crippen LogP contribution in [0.3, 0.4) is 0 Å². The van der Waals surface area contributed by atoms with E-state index in [0.29, 0.717) is 11.8 Å². The second-order valence-electron chi connectivity index (χ2n) is 4.16. The maximum atomic E-state index is 10.8. The third kappa shape index (κ3) is 4.33. The molecule has 0 aromatic heterocycles. The van der Waals surface area contributed by atoms with E-state index in [2.05, 4.69) is 27.3 Å². The molecule has 5 heteroatoms. The molecule has 1 saturated carbocycles. The Bertz CT molecular complexity index is 421. The fourth-order valence-electron chi connectivity index (χ4n) is 1.52. The molecule has 1 amide bonds. The smallest absolute Gasteiger partial charge is 0.227 e. The van der Waals surface area contributed by atoms with Crippen LogP contribution in [-0.4, -0.2) is 17.7 Å². The molecule has 1 aromatic carbocycles. The van der Waals surface area contributed by atoms with Gasteiger partial charge < -0.3 is 11.1 Å². The van der Waals surface area contributed by atoms with Gasteiger partial charge >= 0.3 is 0 Å². The number of primary amides is 1. The fourth-order valence-corrected chi connectivity index (χ4v) is 2.70. The molecule has 2 rings (SSSR count). The van der Waals surface area contributed by atoms with Crippen LogP contribution in [0.15, 0.2) is 27.6 Å². The molecule has 1 aliphatic carbocycles. The zero-order chi connectivity index (χ0) is 12.3. The van der Waals surface area contributed by atoms with E-state index >= 15 is 0 Å². The molecule has 17 heavy (non-hydrogen) atoms. The van der Waals surface area contributed by atoms with Crippen molar-refractivity contribution >= 4 is 33.6 Å². The molecule has 0 unspecified atom stereocenters. The molecule has 0 atom stereocenters. The number of carbonyl (C=O) groups is 1. The summed E-state index contributed by atoms with van der Waals surface area (Å²) in [6.07, 6.45) is 2.55. The molecular formula is C12H15BrN2OS. The Labute approximate surface area is 114 Å². The Kier molecular flexibility index (Phi) is 4.48. The fraction of sp³-hybridized carbons (Fsp3) is 0.417. The largest absolute Gasteiger partial charge is 0.369 e. The van der Waals surface area contributed by atoms with E-state index in [-0.39, 0.29) is 5.91 Å². The van der Waals surface area contributed by atoms with Gasteiger partial charge in [0, 0.05) is 22.0 Å². The third-order valence-electron chi connectivity index (χ3n) is 2.55. The maximum absolute atomic E-state index is 10.8. The first-order chi connectivity index (χ1) is 8.15. The van der Waals surface area contributed by atoms with Gasteiger partial charge in [-0.2, -0.15) is 0 Å². The minimum Gasteiger partial charge on any atom is -0.369 e. The van der Waals surface area contributed by atoms with Crippen molar-refractivity contribution in [2.45, 2.75) is 30.3 Å². The van der Waals surface area contributed by atoms with Gasteiger partial charge in [-0.25, -0.2) is 0 Å². The molecule has 92 valence electrons. The summed E-state index contributed by atoms with van der Waals surface area (Å²) < 4.78 is 1.06. The molecule has 1 fully saturated rings. The first-order valence-electron chi connectivity index (χ1n) is 5.58. The molecule has 0 saturated heterocycles. The van der Waals surface area contributed by atoms with Crippen molar-refractivity contribution in [2.24, 2.45) is 5.73 Å². The molecule has 3 nitrogen and oxygen atoms in total. The minimum absolute atomic E-state index is 0.279. The van der Waals surface area contributed by atoms with Crippen LogP contribution in [0.1, 0.15) is 18.4 Å². The first-order valence-corrected chi connectivity index (χ1v) is 7.36. The van der Waals surface area contributed by atoms with Crippen LogP contribution in [0.5, 0.6) is 0 Å². The number of thioether (sulfide) groups is 1. The second kappa shape index (κ2) is 5.89. The average Bonchev–Trinajstić information content (AvgIpc) is 3.08. The van der Waals surface area contributed by atoms with Gasteiger partial charge in [0.25, 0.3) is 0 Å². The number of hydrogen-bond donors (Lipinski definition) is 2. The molecule has 0 heterocycles. The number of benzene rings is 1. The lowest BCUT2D eigenvalue weighted by atomic mass is 10.2. The van der Waals surface area contributed by atoms with E-state index in [0.717, 1.165) is 15.9 Å². The van der Waals surface area contributed by atoms with E-state index in [1.54, 1.807) is 0 Å². The van der Waals surface area contributed by atoms with E-state index in [4.69, 9.17) is 5.73 Å². The predicted molar refractivity (Wildman–Crippen MR) is 73.9 cm³/mol. The molecule has 0 spiro atoms. The molecule has 3 N–H and O–H groups in total. The van der Waals surface area contributed by atoms with Crippen molar-refractivity contribution < 1.29 is 4.79 Å². The number of nitrogens with two attached hydrogens (primary N) is 1. The van der Waals surface area contributed by atoms with E-state index in [9.17, 15) is 4.79 Å². The van der Waals surface area contributed by atoms with Gasteiger partial charge in [0.05, 0.1) is 5.75 Å². The molecule has 1 aromatic rings. The van der Waals surface area contributed by atoms with Crippen molar-refractivity contribution in [3.8, 4) is 0 Å². The van der Waals surface area contributed by atoms with Gasteiger partial charge in [-0.3, -0.25) is 4.79 Å². The van der Waals surface area contributed by atoms with Crippen LogP contribution < -0.4 is 11.1 Å². The Morgan fingerprint density at radius 2 is 2.29 bits per heavy atom. The monoisotopic (exact) mass is 314 g/mol. The lowest BCUT2D eigenvalue weighted by molar-refractivity contribution is -0.115. The zero-order valence-electron chi connectivity index (χ0n) is 9.41. The van der Waals surface area contributed by atoms with E-state index in [1.807, 2.05) is 12.1 Å². The van der Waals surface area contributed by atoms with Gasteiger partial charge in [0.15, 0.2) is 0 Å². The number of halogens is 1. The van der Waals surface area contributed by atoms with E-state index < -0.39 is 0 Å². The number of hydrogen-bond acceptors (Lipinski definition) is 3. The predicted octanol–water partition coefficient (Wildman–Crippen LogP) is 2.28. The standard InChI is InChI=1S/C12H15BrN2OS/c13-9-1-4-11(17-7-12(14)16)8(5-9)6-15-10-2-3-10/h1,4-5,10,15H,2-3,6-7H2,(H2,14,16). The van der Waals surface area contributed by atoms with Gasteiger partial charge in [-0.05, 0) is 36.6 Å². The number of carbonyl (C=O) groups excluding carboxylic acids is 1. The maximum Gasteiger partial charge on any atom is 0.227 e. The summed E-state index contributed by atoms with van der Waals surface area (Å²) in [4.78, 5) is 11.9. The van der Waals surface area contributed by atoms with Gasteiger partial charge in [0.1, 0.15) is 0 Å². The topological polar surface area (TPSA) is 55.1 Å². The SMILES string of the molecule is NC(=O)CSc1ccc(Br)cc1CNC1CC1. The molecular weight excluding hydrogens is 300 g/mol. The number of amides is 1. The summed E-state index contributed by atoms with van der Waals surface area (Å²) >= 11 is 4.97. The summed E-state index contributed by atoms with van der Waals surface area (Å²) in [5.74, 6) is 0.0527. The van der Waals surface area contributed by atoms with Crippen molar-refractivity contribution in [1.82, 2.24) is 5.32 Å². The van der Waals surface area contributed by atoms with Crippen molar-refractivity contribution in [3.05, 3.63) is 28.2 Å². The number of rotatable bonds is 6. The van der Waals surface area contributed by atoms with Crippen LogP contribution in [0.2, 0.25) is 0 Å². The highest BCUT2D eigenvalue weighted by Crippen LogP contribution is 2.27. The highest BCUT2D eigenvalue weighted by Gasteiger charge is 2.20. The lowest BCUT2D eigenvalue weighted by Crippen LogP contribution is -2.16. The Balaban J connectivity index is 2.02. The first kappa shape index (κ1) is 12.9. The van der Waals surface area contributed by atoms with Crippen molar-refractivity contribution in [1.29, 1.82) is 0 Å². The average molecular weight is 315 g/mol. The summed E-state index contributed by atoms with van der Waals surface area (Å²) in [5.41, 5.74) is 6.39. The van der Waals surface area contributed by atoms with Gasteiger partial charge in [-0.15, -0.1) is 11.8 Å². The minimum atomic E-state index is -0.279. The van der Waals surface area contributed by atoms with Crippen molar-refractivity contribution in [3.63, 3.8) is 0 Å². The van der Waals surface area contributed by atoms with Crippen LogP contribution in [0, 0.1) is 0 Å². The molecule has 1 aliphatic rings. The van der Waals surface area contributed by atoms with Crippen LogP contribution >= 0.6 is 27.7 Å². The molecule has 0 radical (unpaired) electrons. The van der Waals surface area contributed by atoms with Crippen molar-refractivity contribution in [2.75, 3.05) is 5.75 Å². The quantitative estimate of drug-likeness (QED) is 0.792. The molecule has 0 bridgehead atoms. The second-order valence-corrected chi connectivity index (χ2v) is 6.10. The summed E-state index contributed by atoms with van der Waals surface area (Å²) in [6, 6.07) is 6.80. The Morgan fingerprint density at radius 1 is 1.53 bits per heavy atom. The third-order valence-corrected chi connectivity index (χ3v) is 4.18. The summed E-state index contributed by atoms with van der Waals surface area (Å²) in [6.45, 7) is 0.852. The Morgan fingerprint density at radius 3 is 2.94 bits per heavy atom. The highest BCUT2D eigenvalue weighted by atomic mass is 79.9. The van der Waals surface area contributed by atoms with Gasteiger partial charge in [0.2, 0.25) is 5.91 Å². The Hall–Kier alpha value is -0.520. The van der Waals surface area contributed by atoms with E-state index in [1.165, 1.54) is 30.2 Å². The van der Waals surface area contributed by atoms with Gasteiger partial charge in [-0.1, -0.05) is 15.9 Å². The highest BCUT2D eigenvalue weighted by molar-refractivity contribution is 9.10. The summed E-state index contributed by atoms with van der Waals surface area (Å²) in [7, 11) is 0. The zero-order valence-corrected chi connectivity index (χ0v) is 11.8. The molecule has 0 aliphatic heterocycles. The van der Waals surface area contributed by atoms with Crippen LogP contribution in [0.25, 0.3) is 0 Å². The summed E-state index contributed by atoms with van der Waals surface area (Å²) in [5, 5.41) is 3.48. The lowest BCUT2D eigenvalue weighted by Gasteiger charge is -2.10. The normalized spacial score (nSPS) is 14.9.